The predicted molar refractivity (Wildman–Crippen MR) is 123 cm³/mol. The molecule has 0 aliphatic rings. The van der Waals surface area contributed by atoms with Crippen molar-refractivity contribution in [1.82, 2.24) is 20.6 Å². The Balaban J connectivity index is 1.58. The smallest absolute Gasteiger partial charge is 0.218 e. The fourth-order valence-electron chi connectivity index (χ4n) is 2.84. The topological polar surface area (TPSA) is 71.4 Å². The van der Waals surface area contributed by atoms with Gasteiger partial charge in [0.2, 0.25) is 5.88 Å². The highest BCUT2D eigenvalue weighted by Gasteiger charge is 2.07. The van der Waals surface area contributed by atoms with Gasteiger partial charge in [-0.05, 0) is 32.4 Å². The lowest BCUT2D eigenvalue weighted by atomic mass is 10.2. The molecule has 1 aromatic carbocycles. The van der Waals surface area contributed by atoms with Crippen molar-refractivity contribution in [2.75, 3.05) is 13.1 Å². The van der Waals surface area contributed by atoms with Gasteiger partial charge in [-0.2, -0.15) is 0 Å². The van der Waals surface area contributed by atoms with Crippen LogP contribution in [0.2, 0.25) is 0 Å². The zero-order valence-electron chi connectivity index (χ0n) is 17.8. The van der Waals surface area contributed by atoms with Crippen molar-refractivity contribution in [3.63, 3.8) is 0 Å². The number of ether oxygens (including phenoxy) is 1. The van der Waals surface area contributed by atoms with E-state index in [1.54, 1.807) is 17.5 Å². The first-order chi connectivity index (χ1) is 14.7. The summed E-state index contributed by atoms with van der Waals surface area (Å²) in [6, 6.07) is 14.0. The first-order valence-corrected chi connectivity index (χ1v) is 11.0. The highest BCUT2D eigenvalue weighted by atomic mass is 32.1. The Hall–Kier alpha value is -2.93. The summed E-state index contributed by atoms with van der Waals surface area (Å²) in [7, 11) is 0. The van der Waals surface area contributed by atoms with E-state index in [4.69, 9.17) is 9.73 Å². The molecular formula is C23H29N5OS. The molecule has 0 radical (unpaired) electrons. The van der Waals surface area contributed by atoms with Crippen molar-refractivity contribution in [3.8, 4) is 5.88 Å². The Labute approximate surface area is 182 Å². The molecule has 0 aliphatic carbocycles. The Kier molecular flexibility index (Phi) is 8.20. The molecule has 3 aromatic rings. The van der Waals surface area contributed by atoms with Gasteiger partial charge in [0.25, 0.3) is 0 Å². The fourth-order valence-corrected chi connectivity index (χ4v) is 3.77. The molecule has 0 spiro atoms. The van der Waals surface area contributed by atoms with Gasteiger partial charge in [0.15, 0.2) is 5.96 Å². The first kappa shape index (κ1) is 21.8. The van der Waals surface area contributed by atoms with Crippen LogP contribution in [0.5, 0.6) is 5.88 Å². The van der Waals surface area contributed by atoms with E-state index in [9.17, 15) is 0 Å². The van der Waals surface area contributed by atoms with Crippen molar-refractivity contribution in [3.05, 3.63) is 75.4 Å². The molecule has 0 atom stereocenters. The van der Waals surface area contributed by atoms with Crippen molar-refractivity contribution >= 4 is 17.3 Å². The summed E-state index contributed by atoms with van der Waals surface area (Å²) in [6.45, 7) is 8.78. The Morgan fingerprint density at radius 2 is 1.93 bits per heavy atom. The number of pyridine rings is 1. The quantitative estimate of drug-likeness (QED) is 0.402. The van der Waals surface area contributed by atoms with Gasteiger partial charge in [-0.15, -0.1) is 11.3 Å². The van der Waals surface area contributed by atoms with Crippen LogP contribution in [0.3, 0.4) is 0 Å². The molecule has 0 saturated heterocycles. The van der Waals surface area contributed by atoms with E-state index in [-0.39, 0.29) is 0 Å². The lowest BCUT2D eigenvalue weighted by molar-refractivity contribution is 0.290. The lowest BCUT2D eigenvalue weighted by Crippen LogP contribution is -2.38. The van der Waals surface area contributed by atoms with E-state index >= 15 is 0 Å². The van der Waals surface area contributed by atoms with Crippen molar-refractivity contribution < 1.29 is 4.74 Å². The van der Waals surface area contributed by atoms with Crippen LogP contribution in [0.25, 0.3) is 0 Å². The third-order valence-electron chi connectivity index (χ3n) is 4.52. The van der Waals surface area contributed by atoms with Gasteiger partial charge in [0, 0.05) is 36.1 Å². The van der Waals surface area contributed by atoms with Gasteiger partial charge >= 0.3 is 0 Å². The molecule has 0 fully saturated rings. The number of nitrogens with one attached hydrogen (secondary N) is 2. The number of hydrogen-bond acceptors (Lipinski definition) is 5. The molecular weight excluding hydrogens is 394 g/mol. The number of nitrogens with zero attached hydrogens (tertiary/aromatic N) is 3. The standard InChI is InChI=1S/C23H29N5OS/c1-4-24-23(26-14-12-21-28-17(2)18(3)30-21)27-15-20-11-8-13-25-22(20)29-16-19-9-6-5-7-10-19/h5-11,13H,4,12,14-16H2,1-3H3,(H2,24,26,27). The van der Waals surface area contributed by atoms with Crippen LogP contribution in [-0.2, 0) is 19.6 Å². The molecule has 6 nitrogen and oxygen atoms in total. The van der Waals surface area contributed by atoms with Gasteiger partial charge in [0.1, 0.15) is 6.61 Å². The lowest BCUT2D eigenvalue weighted by Gasteiger charge is -2.12. The summed E-state index contributed by atoms with van der Waals surface area (Å²) in [5.74, 6) is 1.40. The molecule has 30 heavy (non-hydrogen) atoms. The summed E-state index contributed by atoms with van der Waals surface area (Å²) in [5, 5.41) is 7.83. The molecule has 0 amide bonds. The largest absolute Gasteiger partial charge is 0.473 e. The zero-order chi connectivity index (χ0) is 21.2. The molecule has 2 heterocycles. The maximum Gasteiger partial charge on any atom is 0.218 e. The average Bonchev–Trinajstić information content (AvgIpc) is 3.09. The Morgan fingerprint density at radius 3 is 2.67 bits per heavy atom. The summed E-state index contributed by atoms with van der Waals surface area (Å²) in [4.78, 5) is 15.0. The number of aromatic nitrogens is 2. The maximum atomic E-state index is 5.94. The number of hydrogen-bond donors (Lipinski definition) is 2. The normalized spacial score (nSPS) is 11.4. The van der Waals surface area contributed by atoms with Crippen LogP contribution in [0, 0.1) is 13.8 Å². The molecule has 0 aliphatic heterocycles. The Bertz CT molecular complexity index is 936. The number of rotatable bonds is 9. The summed E-state index contributed by atoms with van der Waals surface area (Å²) in [5.41, 5.74) is 3.19. The summed E-state index contributed by atoms with van der Waals surface area (Å²) >= 11 is 1.76. The predicted octanol–water partition coefficient (Wildman–Crippen LogP) is 4.03. The average molecular weight is 424 g/mol. The van der Waals surface area contributed by atoms with Crippen LogP contribution >= 0.6 is 11.3 Å². The minimum Gasteiger partial charge on any atom is -0.473 e. The molecule has 158 valence electrons. The monoisotopic (exact) mass is 423 g/mol. The SMILES string of the molecule is CCNC(=NCc1cccnc1OCc1ccccc1)NCCc1nc(C)c(C)s1. The summed E-state index contributed by atoms with van der Waals surface area (Å²) in [6.07, 6.45) is 2.62. The molecule has 0 bridgehead atoms. The fraction of sp³-hybridized carbons (Fsp3) is 0.348. The van der Waals surface area contributed by atoms with Gasteiger partial charge in [-0.3, -0.25) is 0 Å². The number of thiazole rings is 1. The molecule has 0 unspecified atom stereocenters. The molecule has 3 rings (SSSR count). The maximum absolute atomic E-state index is 5.94. The summed E-state index contributed by atoms with van der Waals surface area (Å²) < 4.78 is 5.94. The molecule has 2 aromatic heterocycles. The van der Waals surface area contributed by atoms with Gasteiger partial charge in [-0.25, -0.2) is 15.0 Å². The van der Waals surface area contributed by atoms with Crippen LogP contribution < -0.4 is 15.4 Å². The highest BCUT2D eigenvalue weighted by molar-refractivity contribution is 7.11. The number of guanidine groups is 1. The second kappa shape index (κ2) is 11.3. The van der Waals surface area contributed by atoms with Crippen molar-refractivity contribution in [2.24, 2.45) is 4.99 Å². The highest BCUT2D eigenvalue weighted by Crippen LogP contribution is 2.18. The van der Waals surface area contributed by atoms with Crippen LogP contribution in [0.15, 0.2) is 53.7 Å². The third-order valence-corrected chi connectivity index (χ3v) is 5.66. The second-order valence-electron chi connectivity index (χ2n) is 6.86. The van der Waals surface area contributed by atoms with E-state index in [1.807, 2.05) is 42.5 Å². The minimum absolute atomic E-state index is 0.486. The van der Waals surface area contributed by atoms with E-state index < -0.39 is 0 Å². The second-order valence-corrected chi connectivity index (χ2v) is 8.15. The Morgan fingerprint density at radius 1 is 1.10 bits per heavy atom. The number of aryl methyl sites for hydroxylation is 2. The van der Waals surface area contributed by atoms with E-state index in [0.29, 0.717) is 19.0 Å². The molecule has 7 heteroatoms. The van der Waals surface area contributed by atoms with Gasteiger partial charge in [0.05, 0.1) is 17.2 Å². The van der Waals surface area contributed by atoms with E-state index in [0.717, 1.165) is 47.3 Å². The van der Waals surface area contributed by atoms with Crippen molar-refractivity contribution in [1.29, 1.82) is 0 Å². The zero-order valence-corrected chi connectivity index (χ0v) is 18.6. The van der Waals surface area contributed by atoms with Crippen LogP contribution in [-0.4, -0.2) is 29.0 Å². The van der Waals surface area contributed by atoms with Crippen molar-refractivity contribution in [2.45, 2.75) is 40.3 Å². The van der Waals surface area contributed by atoms with Crippen LogP contribution in [0.1, 0.15) is 33.6 Å². The third kappa shape index (κ3) is 6.56. The first-order valence-electron chi connectivity index (χ1n) is 10.2. The number of aliphatic imine (C=N–C) groups is 1. The molecule has 2 N–H and O–H groups in total. The minimum atomic E-state index is 0.486. The van der Waals surface area contributed by atoms with Gasteiger partial charge < -0.3 is 15.4 Å². The van der Waals surface area contributed by atoms with Crippen LogP contribution in [0.4, 0.5) is 0 Å². The molecule has 0 saturated carbocycles. The number of benzene rings is 1. The van der Waals surface area contributed by atoms with E-state index in [2.05, 4.69) is 41.4 Å². The van der Waals surface area contributed by atoms with Gasteiger partial charge in [-0.1, -0.05) is 36.4 Å². The van der Waals surface area contributed by atoms with E-state index in [1.165, 1.54) is 4.88 Å².